The van der Waals surface area contributed by atoms with Crippen LogP contribution in [0.2, 0.25) is 10.0 Å². The Kier molecular flexibility index (Phi) is 6.29. The van der Waals surface area contributed by atoms with Gasteiger partial charge in [0.25, 0.3) is 11.8 Å². The Labute approximate surface area is 232 Å². The zero-order valence-electron chi connectivity index (χ0n) is 19.4. The molecule has 0 spiro atoms. The molecule has 6 nitrogen and oxygen atoms in total. The standard InChI is InChI=1S/C27H23Cl2IN2O4/c1-2-35-22-8-13(7-21(30)25(22)36-12-14-3-4-15(28)9-20(14)29)11-31-32-26(33)23-16-5-6-17(19-10-18(16)19)24(23)27(32)34/h3-9,11,16-19,23-24H,2,10,12H2,1H3/t16-,17-,18-,19+,23-,24+/m0/s1. The molecule has 2 aromatic carbocycles. The molecule has 36 heavy (non-hydrogen) atoms. The highest BCUT2D eigenvalue weighted by Crippen LogP contribution is 2.65. The van der Waals surface area contributed by atoms with Crippen molar-refractivity contribution in [2.75, 3.05) is 6.61 Å². The fraction of sp³-hybridized carbons (Fsp3) is 0.370. The highest BCUT2D eigenvalue weighted by molar-refractivity contribution is 14.1. The number of hydrogen-bond acceptors (Lipinski definition) is 5. The van der Waals surface area contributed by atoms with Crippen LogP contribution in [-0.4, -0.2) is 29.6 Å². The van der Waals surface area contributed by atoms with Crippen molar-refractivity contribution in [3.8, 4) is 11.5 Å². The molecule has 3 fully saturated rings. The lowest BCUT2D eigenvalue weighted by Gasteiger charge is -2.37. The minimum Gasteiger partial charge on any atom is -0.490 e. The van der Waals surface area contributed by atoms with Crippen LogP contribution >= 0.6 is 45.8 Å². The second-order valence-corrected chi connectivity index (χ2v) is 11.7. The lowest BCUT2D eigenvalue weighted by molar-refractivity contribution is -0.140. The average molecular weight is 637 g/mol. The molecule has 2 aromatic rings. The normalized spacial score (nSPS) is 29.6. The number of halogens is 3. The number of ether oxygens (including phenoxy) is 2. The van der Waals surface area contributed by atoms with Crippen molar-refractivity contribution >= 4 is 63.8 Å². The summed E-state index contributed by atoms with van der Waals surface area (Å²) in [4.78, 5) is 26.4. The SMILES string of the molecule is CCOc1cc(C=NN2C(=O)[C@@H]3[C@H]4C=C[C@@H]([C@@H]5C[C@H]45)[C@@H]3C2=O)cc(I)c1OCc1ccc(Cl)cc1Cl. The van der Waals surface area contributed by atoms with Crippen molar-refractivity contribution in [3.05, 3.63) is 67.2 Å². The summed E-state index contributed by atoms with van der Waals surface area (Å²) in [6.45, 7) is 2.58. The summed E-state index contributed by atoms with van der Waals surface area (Å²) < 4.78 is 12.7. The van der Waals surface area contributed by atoms with E-state index in [9.17, 15) is 9.59 Å². The monoisotopic (exact) mass is 636 g/mol. The van der Waals surface area contributed by atoms with Gasteiger partial charge in [-0.05, 0) is 89.4 Å². The van der Waals surface area contributed by atoms with Crippen LogP contribution in [0.3, 0.4) is 0 Å². The molecule has 0 N–H and O–H groups in total. The minimum atomic E-state index is -0.261. The summed E-state index contributed by atoms with van der Waals surface area (Å²) in [5, 5.41) is 6.53. The van der Waals surface area contributed by atoms with Gasteiger partial charge in [-0.3, -0.25) is 9.59 Å². The third-order valence-corrected chi connectivity index (χ3v) is 9.07. The second-order valence-electron chi connectivity index (χ2n) is 9.67. The van der Waals surface area contributed by atoms with Gasteiger partial charge in [-0.1, -0.05) is 41.4 Å². The first-order chi connectivity index (χ1) is 17.4. The van der Waals surface area contributed by atoms with Crippen LogP contribution < -0.4 is 9.47 Å². The molecule has 7 rings (SSSR count). The molecular formula is C27H23Cl2IN2O4. The molecular weight excluding hydrogens is 614 g/mol. The zero-order chi connectivity index (χ0) is 25.1. The number of amides is 2. The van der Waals surface area contributed by atoms with E-state index in [1.165, 1.54) is 0 Å². The fourth-order valence-electron chi connectivity index (χ4n) is 6.03. The number of benzene rings is 2. The molecule has 0 radical (unpaired) electrons. The Balaban J connectivity index is 1.22. The van der Waals surface area contributed by atoms with E-state index in [0.717, 1.165) is 20.6 Å². The molecule has 9 heteroatoms. The van der Waals surface area contributed by atoms with Gasteiger partial charge in [-0.15, -0.1) is 0 Å². The summed E-state index contributed by atoms with van der Waals surface area (Å²) >= 11 is 14.5. The van der Waals surface area contributed by atoms with Crippen LogP contribution in [-0.2, 0) is 16.2 Å². The van der Waals surface area contributed by atoms with Crippen LogP contribution in [0.25, 0.3) is 0 Å². The number of allylic oxidation sites excluding steroid dienone is 2. The van der Waals surface area contributed by atoms with Gasteiger partial charge in [0.05, 0.1) is 28.2 Å². The van der Waals surface area contributed by atoms with Crippen molar-refractivity contribution in [2.45, 2.75) is 20.0 Å². The summed E-state index contributed by atoms with van der Waals surface area (Å²) in [6.07, 6.45) is 7.00. The predicted molar refractivity (Wildman–Crippen MR) is 145 cm³/mol. The second kappa shape index (κ2) is 9.33. The van der Waals surface area contributed by atoms with Gasteiger partial charge in [0.15, 0.2) is 11.5 Å². The van der Waals surface area contributed by atoms with E-state index in [-0.39, 0.29) is 42.1 Å². The number of imide groups is 1. The average Bonchev–Trinajstić information content (AvgIpc) is 3.63. The first-order valence-corrected chi connectivity index (χ1v) is 13.8. The van der Waals surface area contributed by atoms with Crippen LogP contribution in [0.15, 0.2) is 47.6 Å². The highest BCUT2D eigenvalue weighted by atomic mass is 127. The smallest absolute Gasteiger partial charge is 0.254 e. The number of rotatable bonds is 7. The topological polar surface area (TPSA) is 68.2 Å². The predicted octanol–water partition coefficient (Wildman–Crippen LogP) is 5.96. The zero-order valence-corrected chi connectivity index (χ0v) is 23.0. The summed E-state index contributed by atoms with van der Waals surface area (Å²) in [5.74, 6) is 1.74. The minimum absolute atomic E-state index is 0.175. The molecule has 0 aromatic heterocycles. The maximum atomic E-state index is 13.2. The molecule has 1 aliphatic heterocycles. The summed E-state index contributed by atoms with van der Waals surface area (Å²) in [6, 6.07) is 8.95. The van der Waals surface area contributed by atoms with Crippen molar-refractivity contribution in [2.24, 2.45) is 40.6 Å². The number of hydrogen-bond donors (Lipinski definition) is 0. The van der Waals surface area contributed by atoms with E-state index in [2.05, 4.69) is 39.8 Å². The molecule has 2 amide bonds. The molecule has 5 aliphatic rings. The number of nitrogens with zero attached hydrogens (tertiary/aromatic N) is 2. The Morgan fingerprint density at radius 1 is 1.06 bits per heavy atom. The van der Waals surface area contributed by atoms with E-state index in [1.807, 2.05) is 19.1 Å². The molecule has 186 valence electrons. The summed E-state index contributed by atoms with van der Waals surface area (Å²) in [5.41, 5.74) is 1.51. The Hall–Kier alpha value is -2.10. The molecule has 0 unspecified atom stereocenters. The van der Waals surface area contributed by atoms with Crippen LogP contribution in [0, 0.1) is 39.1 Å². The maximum absolute atomic E-state index is 13.2. The van der Waals surface area contributed by atoms with E-state index < -0.39 is 0 Å². The van der Waals surface area contributed by atoms with Gasteiger partial charge in [-0.2, -0.15) is 10.1 Å². The lowest BCUT2D eigenvalue weighted by Crippen LogP contribution is -2.40. The van der Waals surface area contributed by atoms with Crippen LogP contribution in [0.1, 0.15) is 24.5 Å². The van der Waals surface area contributed by atoms with Gasteiger partial charge in [0, 0.05) is 15.6 Å². The fourth-order valence-corrected chi connectivity index (χ4v) is 7.28. The Bertz CT molecular complexity index is 1290. The van der Waals surface area contributed by atoms with E-state index in [1.54, 1.807) is 24.4 Å². The first kappa shape index (κ1) is 24.2. The van der Waals surface area contributed by atoms with E-state index >= 15 is 0 Å². The van der Waals surface area contributed by atoms with Crippen molar-refractivity contribution in [3.63, 3.8) is 0 Å². The molecule has 1 saturated heterocycles. The molecule has 2 bridgehead atoms. The van der Waals surface area contributed by atoms with Gasteiger partial charge < -0.3 is 9.47 Å². The highest BCUT2D eigenvalue weighted by Gasteiger charge is 2.67. The van der Waals surface area contributed by atoms with Gasteiger partial charge in [0.2, 0.25) is 0 Å². The third-order valence-electron chi connectivity index (χ3n) is 7.68. The number of hydrazone groups is 1. The maximum Gasteiger partial charge on any atom is 0.254 e. The quantitative estimate of drug-likeness (QED) is 0.163. The molecule has 2 saturated carbocycles. The van der Waals surface area contributed by atoms with E-state index in [4.69, 9.17) is 32.7 Å². The molecule has 6 atom stereocenters. The van der Waals surface area contributed by atoms with Crippen molar-refractivity contribution < 1.29 is 19.1 Å². The van der Waals surface area contributed by atoms with Gasteiger partial charge in [-0.25, -0.2) is 0 Å². The van der Waals surface area contributed by atoms with Crippen molar-refractivity contribution in [1.82, 2.24) is 5.01 Å². The van der Waals surface area contributed by atoms with Gasteiger partial charge >= 0.3 is 0 Å². The van der Waals surface area contributed by atoms with Crippen molar-refractivity contribution in [1.29, 1.82) is 0 Å². The van der Waals surface area contributed by atoms with Crippen LogP contribution in [0.4, 0.5) is 0 Å². The third kappa shape index (κ3) is 4.03. The lowest BCUT2D eigenvalue weighted by atomic mass is 9.63. The molecule has 4 aliphatic carbocycles. The van der Waals surface area contributed by atoms with Gasteiger partial charge in [0.1, 0.15) is 6.61 Å². The first-order valence-electron chi connectivity index (χ1n) is 12.0. The molecule has 1 heterocycles. The Morgan fingerprint density at radius 3 is 2.39 bits per heavy atom. The summed E-state index contributed by atoms with van der Waals surface area (Å²) in [7, 11) is 0. The Morgan fingerprint density at radius 2 is 1.75 bits per heavy atom. The number of carbonyl (C=O) groups excluding carboxylic acids is 2. The van der Waals surface area contributed by atoms with E-state index in [0.29, 0.717) is 45.6 Å². The largest absolute Gasteiger partial charge is 0.490 e. The number of carbonyl (C=O) groups is 2. The van der Waals surface area contributed by atoms with Crippen LogP contribution in [0.5, 0.6) is 11.5 Å².